The average molecular weight is 510 g/mol. The summed E-state index contributed by atoms with van der Waals surface area (Å²) in [5, 5.41) is 9.04. The van der Waals surface area contributed by atoms with E-state index >= 15 is 0 Å². The SMILES string of the molecule is CCc1cnc(N(CCc2ccc(OCC(=O)O)c(Cl)c2)Cc2ccc(OC(F)(F)F)cc2)nc1. The fourth-order valence-corrected chi connectivity index (χ4v) is 3.44. The Hall–Kier alpha value is -3.53. The molecule has 3 rings (SSSR count). The molecular weight excluding hydrogens is 487 g/mol. The molecule has 0 amide bonds. The number of carboxylic acid groups (broad SMARTS) is 1. The van der Waals surface area contributed by atoms with Crippen LogP contribution in [0.1, 0.15) is 23.6 Å². The highest BCUT2D eigenvalue weighted by atomic mass is 35.5. The highest BCUT2D eigenvalue weighted by molar-refractivity contribution is 6.32. The third-order valence-corrected chi connectivity index (χ3v) is 5.23. The number of alkyl halides is 3. The predicted molar refractivity (Wildman–Crippen MR) is 124 cm³/mol. The van der Waals surface area contributed by atoms with Crippen LogP contribution in [0.25, 0.3) is 0 Å². The molecule has 0 saturated heterocycles. The van der Waals surface area contributed by atoms with Gasteiger partial charge in [0.05, 0.1) is 5.02 Å². The van der Waals surface area contributed by atoms with Gasteiger partial charge >= 0.3 is 12.3 Å². The summed E-state index contributed by atoms with van der Waals surface area (Å²) in [6, 6.07) is 10.7. The molecule has 1 N–H and O–H groups in total. The number of aryl methyl sites for hydroxylation is 1. The van der Waals surface area contributed by atoms with Crippen molar-refractivity contribution < 1.29 is 32.5 Å². The van der Waals surface area contributed by atoms with E-state index in [0.29, 0.717) is 30.5 Å². The average Bonchev–Trinajstić information content (AvgIpc) is 2.81. The summed E-state index contributed by atoms with van der Waals surface area (Å²) >= 11 is 6.22. The zero-order valence-electron chi connectivity index (χ0n) is 18.8. The predicted octanol–water partition coefficient (Wildman–Crippen LogP) is 5.30. The Balaban J connectivity index is 1.74. The van der Waals surface area contributed by atoms with Crippen LogP contribution in [0.5, 0.6) is 11.5 Å². The van der Waals surface area contributed by atoms with E-state index in [1.165, 1.54) is 12.1 Å². The standard InChI is InChI=1S/C24H23ClF3N3O4/c1-2-16-12-29-23(30-13-16)31(14-18-3-6-19(7-4-18)35-24(26,27)28)10-9-17-5-8-21(20(25)11-17)34-15-22(32)33/h3-8,11-13H,2,9-10,14-15H2,1H3,(H,32,33). The topological polar surface area (TPSA) is 84.8 Å². The first-order valence-corrected chi connectivity index (χ1v) is 11.0. The molecule has 0 radical (unpaired) electrons. The summed E-state index contributed by atoms with van der Waals surface area (Å²) in [5.41, 5.74) is 2.60. The molecule has 35 heavy (non-hydrogen) atoms. The van der Waals surface area contributed by atoms with Crippen LogP contribution in [0, 0.1) is 0 Å². The first kappa shape index (κ1) is 26.1. The van der Waals surface area contributed by atoms with Gasteiger partial charge in [-0.15, -0.1) is 13.2 Å². The van der Waals surface area contributed by atoms with Crippen LogP contribution in [-0.4, -0.2) is 40.6 Å². The van der Waals surface area contributed by atoms with Crippen molar-refractivity contribution in [2.45, 2.75) is 32.7 Å². The van der Waals surface area contributed by atoms with Gasteiger partial charge in [0.15, 0.2) is 6.61 Å². The van der Waals surface area contributed by atoms with Crippen molar-refractivity contribution in [1.82, 2.24) is 9.97 Å². The van der Waals surface area contributed by atoms with E-state index in [1.807, 2.05) is 11.8 Å². The lowest BCUT2D eigenvalue weighted by Gasteiger charge is -2.23. The third-order valence-electron chi connectivity index (χ3n) is 4.93. The first-order valence-electron chi connectivity index (χ1n) is 10.7. The maximum absolute atomic E-state index is 12.4. The molecule has 0 atom stereocenters. The molecule has 186 valence electrons. The van der Waals surface area contributed by atoms with E-state index < -0.39 is 18.9 Å². The number of carboxylic acids is 1. The van der Waals surface area contributed by atoms with Crippen LogP contribution in [-0.2, 0) is 24.2 Å². The molecule has 0 spiro atoms. The third kappa shape index (κ3) is 8.32. The van der Waals surface area contributed by atoms with Gasteiger partial charge in [-0.3, -0.25) is 0 Å². The molecule has 0 aliphatic rings. The molecule has 1 aromatic heterocycles. The lowest BCUT2D eigenvalue weighted by Crippen LogP contribution is -2.27. The van der Waals surface area contributed by atoms with Gasteiger partial charge in [0, 0.05) is 25.5 Å². The molecule has 0 aliphatic carbocycles. The van der Waals surface area contributed by atoms with E-state index in [9.17, 15) is 18.0 Å². The molecule has 0 saturated carbocycles. The van der Waals surface area contributed by atoms with Crippen LogP contribution < -0.4 is 14.4 Å². The molecule has 11 heteroatoms. The second-order valence-corrected chi connectivity index (χ2v) is 7.96. The van der Waals surface area contributed by atoms with Gasteiger partial charge in [-0.05, 0) is 53.8 Å². The Morgan fingerprint density at radius 2 is 1.71 bits per heavy atom. The number of anilines is 1. The number of ether oxygens (including phenoxy) is 2. The van der Waals surface area contributed by atoms with E-state index in [1.54, 1.807) is 42.7 Å². The van der Waals surface area contributed by atoms with Crippen LogP contribution in [0.15, 0.2) is 54.9 Å². The lowest BCUT2D eigenvalue weighted by atomic mass is 10.1. The van der Waals surface area contributed by atoms with Crippen molar-refractivity contribution >= 4 is 23.5 Å². The number of hydrogen-bond donors (Lipinski definition) is 1. The summed E-state index contributed by atoms with van der Waals surface area (Å²) in [5.74, 6) is -0.649. The molecule has 1 heterocycles. The summed E-state index contributed by atoms with van der Waals surface area (Å²) in [7, 11) is 0. The number of halogens is 4. The summed E-state index contributed by atoms with van der Waals surface area (Å²) in [6.07, 6.45) is 0.0584. The summed E-state index contributed by atoms with van der Waals surface area (Å²) in [4.78, 5) is 21.5. The number of carbonyl (C=O) groups is 1. The Bertz CT molecular complexity index is 1130. The van der Waals surface area contributed by atoms with Gasteiger partial charge in [0.25, 0.3) is 0 Å². The number of nitrogens with zero attached hydrogens (tertiary/aromatic N) is 3. The minimum Gasteiger partial charge on any atom is -0.480 e. The highest BCUT2D eigenvalue weighted by Gasteiger charge is 2.31. The Morgan fingerprint density at radius 3 is 2.29 bits per heavy atom. The molecule has 0 unspecified atom stereocenters. The Morgan fingerprint density at radius 1 is 1.06 bits per heavy atom. The minimum atomic E-state index is -4.75. The number of rotatable bonds is 11. The zero-order valence-corrected chi connectivity index (χ0v) is 19.5. The van der Waals surface area contributed by atoms with Crippen LogP contribution in [0.4, 0.5) is 19.1 Å². The van der Waals surface area contributed by atoms with E-state index in [4.69, 9.17) is 21.4 Å². The van der Waals surface area contributed by atoms with Crippen LogP contribution >= 0.6 is 11.6 Å². The van der Waals surface area contributed by atoms with Crippen molar-refractivity contribution in [3.8, 4) is 11.5 Å². The van der Waals surface area contributed by atoms with E-state index in [2.05, 4.69) is 14.7 Å². The van der Waals surface area contributed by atoms with Crippen molar-refractivity contribution in [3.63, 3.8) is 0 Å². The van der Waals surface area contributed by atoms with Crippen molar-refractivity contribution in [1.29, 1.82) is 0 Å². The second kappa shape index (κ2) is 11.7. The normalized spacial score (nSPS) is 11.2. The molecule has 7 nitrogen and oxygen atoms in total. The molecule has 0 fully saturated rings. The second-order valence-electron chi connectivity index (χ2n) is 7.56. The minimum absolute atomic E-state index is 0.273. The van der Waals surface area contributed by atoms with Crippen molar-refractivity contribution in [2.75, 3.05) is 18.1 Å². The zero-order chi connectivity index (χ0) is 25.4. The highest BCUT2D eigenvalue weighted by Crippen LogP contribution is 2.27. The first-order chi connectivity index (χ1) is 16.6. The molecule has 3 aromatic rings. The Labute approximate surface area is 205 Å². The quantitative estimate of drug-likeness (QED) is 0.375. The van der Waals surface area contributed by atoms with E-state index in [0.717, 1.165) is 23.1 Å². The van der Waals surface area contributed by atoms with Gasteiger partial charge < -0.3 is 19.5 Å². The molecule has 0 aliphatic heterocycles. The Kier molecular flexibility index (Phi) is 8.75. The monoisotopic (exact) mass is 509 g/mol. The van der Waals surface area contributed by atoms with Crippen LogP contribution in [0.3, 0.4) is 0 Å². The lowest BCUT2D eigenvalue weighted by molar-refractivity contribution is -0.274. The number of aliphatic carboxylic acids is 1. The molecule has 2 aromatic carbocycles. The number of aromatic nitrogens is 2. The number of benzene rings is 2. The summed E-state index contributed by atoms with van der Waals surface area (Å²) in [6.45, 7) is 2.34. The smallest absolute Gasteiger partial charge is 0.480 e. The van der Waals surface area contributed by atoms with Crippen molar-refractivity contribution in [2.24, 2.45) is 0 Å². The molecule has 0 bridgehead atoms. The fraction of sp³-hybridized carbons (Fsp3) is 0.292. The maximum atomic E-state index is 12.4. The van der Waals surface area contributed by atoms with Crippen LogP contribution in [0.2, 0.25) is 5.02 Å². The van der Waals surface area contributed by atoms with Gasteiger partial charge in [0.2, 0.25) is 5.95 Å². The van der Waals surface area contributed by atoms with Gasteiger partial charge in [-0.2, -0.15) is 0 Å². The van der Waals surface area contributed by atoms with Gasteiger partial charge in [0.1, 0.15) is 11.5 Å². The van der Waals surface area contributed by atoms with E-state index in [-0.39, 0.29) is 11.5 Å². The number of hydrogen-bond acceptors (Lipinski definition) is 6. The molecular formula is C24H23ClF3N3O4. The fourth-order valence-electron chi connectivity index (χ4n) is 3.18. The van der Waals surface area contributed by atoms with Crippen molar-refractivity contribution in [3.05, 3.63) is 76.6 Å². The maximum Gasteiger partial charge on any atom is 0.573 e. The largest absolute Gasteiger partial charge is 0.573 e. The van der Waals surface area contributed by atoms with Gasteiger partial charge in [-0.25, -0.2) is 14.8 Å². The van der Waals surface area contributed by atoms with Gasteiger partial charge in [-0.1, -0.05) is 36.7 Å². The summed E-state index contributed by atoms with van der Waals surface area (Å²) < 4.78 is 46.4.